The molecule has 116 valence electrons. The number of nitrogens with zero attached hydrogens (tertiary/aromatic N) is 1. The normalized spacial score (nSPS) is 10.9. The summed E-state index contributed by atoms with van der Waals surface area (Å²) >= 11 is 0. The number of aromatic nitrogens is 1. The average Bonchev–Trinajstić information content (AvgIpc) is 2.47. The van der Waals surface area contributed by atoms with Gasteiger partial charge < -0.3 is 14.8 Å². The van der Waals surface area contributed by atoms with Gasteiger partial charge in [-0.15, -0.1) is 0 Å². The van der Waals surface area contributed by atoms with Gasteiger partial charge in [0, 0.05) is 18.3 Å². The molecule has 0 radical (unpaired) electrons. The number of benzene rings is 1. The van der Waals surface area contributed by atoms with Gasteiger partial charge in [-0.1, -0.05) is 0 Å². The number of hydrogen-bond acceptors (Lipinski definition) is 4. The van der Waals surface area contributed by atoms with E-state index in [1.54, 1.807) is 6.07 Å². The van der Waals surface area contributed by atoms with E-state index >= 15 is 0 Å². The summed E-state index contributed by atoms with van der Waals surface area (Å²) in [4.78, 5) is 14.1. The summed E-state index contributed by atoms with van der Waals surface area (Å²) in [6.45, 7) is 0. The summed E-state index contributed by atoms with van der Waals surface area (Å²) in [6, 6.07) is 6.53. The molecule has 1 amide bonds. The Morgan fingerprint density at radius 3 is 2.55 bits per heavy atom. The third-order valence-electron chi connectivity index (χ3n) is 2.67. The van der Waals surface area contributed by atoms with E-state index in [0.29, 0.717) is 24.0 Å². The van der Waals surface area contributed by atoms with Crippen LogP contribution in [0.4, 0.5) is 18.9 Å². The summed E-state index contributed by atoms with van der Waals surface area (Å²) in [7, 11) is 1.43. The van der Waals surface area contributed by atoms with Crippen LogP contribution in [0.15, 0.2) is 36.5 Å². The Balaban J connectivity index is 2.20. The van der Waals surface area contributed by atoms with Crippen LogP contribution >= 0.6 is 0 Å². The van der Waals surface area contributed by atoms with Crippen LogP contribution in [0.5, 0.6) is 17.4 Å². The van der Waals surface area contributed by atoms with E-state index in [1.165, 1.54) is 19.2 Å². The van der Waals surface area contributed by atoms with Gasteiger partial charge in [0.15, 0.2) is 0 Å². The molecule has 1 aromatic heterocycles. The van der Waals surface area contributed by atoms with E-state index in [4.69, 9.17) is 9.47 Å². The first-order valence-corrected chi connectivity index (χ1v) is 6.03. The molecule has 1 aromatic carbocycles. The number of amides is 1. The van der Waals surface area contributed by atoms with Crippen molar-refractivity contribution in [3.8, 4) is 17.4 Å². The Labute approximate surface area is 123 Å². The number of ether oxygens (including phenoxy) is 2. The fourth-order valence-electron chi connectivity index (χ4n) is 1.66. The highest BCUT2D eigenvalue weighted by Crippen LogP contribution is 2.32. The van der Waals surface area contributed by atoms with Gasteiger partial charge in [0.1, 0.15) is 11.5 Å². The lowest BCUT2D eigenvalue weighted by Crippen LogP contribution is -2.05. The van der Waals surface area contributed by atoms with Gasteiger partial charge in [-0.05, 0) is 18.2 Å². The van der Waals surface area contributed by atoms with Crippen LogP contribution < -0.4 is 14.8 Å². The predicted octanol–water partition coefficient (Wildman–Crippen LogP) is 3.47. The summed E-state index contributed by atoms with van der Waals surface area (Å²) < 4.78 is 47.7. The van der Waals surface area contributed by atoms with Gasteiger partial charge in [0.05, 0.1) is 18.4 Å². The molecule has 0 atom stereocenters. The molecule has 0 fully saturated rings. The number of alkyl halides is 3. The molecule has 0 saturated carbocycles. The molecule has 1 heterocycles. The second kappa shape index (κ2) is 6.33. The van der Waals surface area contributed by atoms with Crippen molar-refractivity contribution in [2.24, 2.45) is 0 Å². The number of hydrogen-bond donors (Lipinski definition) is 1. The number of methoxy groups -OCH3 is 1. The monoisotopic (exact) mass is 312 g/mol. The molecule has 22 heavy (non-hydrogen) atoms. The lowest BCUT2D eigenvalue weighted by atomic mass is 10.2. The third kappa shape index (κ3) is 3.66. The van der Waals surface area contributed by atoms with Gasteiger partial charge in [-0.2, -0.15) is 13.2 Å². The average molecular weight is 312 g/mol. The van der Waals surface area contributed by atoms with Crippen molar-refractivity contribution in [2.75, 3.05) is 12.4 Å². The maximum atomic E-state index is 12.4. The highest BCUT2D eigenvalue weighted by atomic mass is 19.4. The third-order valence-corrected chi connectivity index (χ3v) is 2.67. The zero-order valence-corrected chi connectivity index (χ0v) is 11.3. The first-order chi connectivity index (χ1) is 10.4. The first kappa shape index (κ1) is 15.6. The van der Waals surface area contributed by atoms with Crippen LogP contribution in [0.2, 0.25) is 0 Å². The number of halogens is 3. The Morgan fingerprint density at radius 2 is 2.00 bits per heavy atom. The number of rotatable bonds is 5. The molecule has 2 rings (SSSR count). The quantitative estimate of drug-likeness (QED) is 0.859. The first-order valence-electron chi connectivity index (χ1n) is 6.03. The molecule has 0 aliphatic heterocycles. The summed E-state index contributed by atoms with van der Waals surface area (Å²) in [5, 5.41) is 2.43. The number of pyridine rings is 1. The van der Waals surface area contributed by atoms with Crippen molar-refractivity contribution >= 4 is 12.1 Å². The maximum Gasteiger partial charge on any atom is 0.417 e. The van der Waals surface area contributed by atoms with E-state index in [9.17, 15) is 18.0 Å². The largest absolute Gasteiger partial charge is 0.495 e. The molecule has 0 bridgehead atoms. The zero-order valence-electron chi connectivity index (χ0n) is 11.3. The maximum absolute atomic E-state index is 12.4. The summed E-state index contributed by atoms with van der Waals surface area (Å²) in [5.41, 5.74) is -0.500. The van der Waals surface area contributed by atoms with Crippen molar-refractivity contribution in [3.63, 3.8) is 0 Å². The van der Waals surface area contributed by atoms with E-state index < -0.39 is 11.7 Å². The van der Waals surface area contributed by atoms with E-state index in [-0.39, 0.29) is 11.6 Å². The Morgan fingerprint density at radius 1 is 1.23 bits per heavy atom. The minimum absolute atomic E-state index is 0.00443. The minimum atomic E-state index is -4.45. The van der Waals surface area contributed by atoms with Gasteiger partial charge in [-0.3, -0.25) is 4.79 Å². The summed E-state index contributed by atoms with van der Waals surface area (Å²) in [5.74, 6) is 0.701. The highest BCUT2D eigenvalue weighted by molar-refractivity contribution is 5.76. The summed E-state index contributed by atoms with van der Waals surface area (Å²) in [6.07, 6.45) is -3.30. The van der Waals surface area contributed by atoms with Crippen LogP contribution in [0, 0.1) is 0 Å². The molecule has 2 aromatic rings. The fourth-order valence-corrected chi connectivity index (χ4v) is 1.66. The van der Waals surface area contributed by atoms with Crippen LogP contribution in [-0.2, 0) is 11.0 Å². The SMILES string of the molecule is COc1ccc(Oc2ccc(C(F)(F)F)cn2)cc1NC=O. The Hall–Kier alpha value is -2.77. The highest BCUT2D eigenvalue weighted by Gasteiger charge is 2.30. The van der Waals surface area contributed by atoms with Crippen molar-refractivity contribution < 1.29 is 27.4 Å². The van der Waals surface area contributed by atoms with Gasteiger partial charge in [-0.25, -0.2) is 4.98 Å². The van der Waals surface area contributed by atoms with Crippen LogP contribution in [0.25, 0.3) is 0 Å². The smallest absolute Gasteiger partial charge is 0.417 e. The standard InChI is InChI=1S/C14H11F3N2O3/c1-21-12-4-3-10(6-11(12)19-8-20)22-13-5-2-9(7-18-13)14(15,16)17/h2-8H,1H3,(H,19,20). The van der Waals surface area contributed by atoms with E-state index in [1.807, 2.05) is 0 Å². The number of carbonyl (C=O) groups is 1. The molecule has 0 aliphatic carbocycles. The molecule has 0 spiro atoms. The zero-order chi connectivity index (χ0) is 16.2. The Bertz CT molecular complexity index is 657. The lowest BCUT2D eigenvalue weighted by Gasteiger charge is -2.11. The fraction of sp³-hybridized carbons (Fsp3) is 0.143. The van der Waals surface area contributed by atoms with E-state index in [0.717, 1.165) is 12.1 Å². The molecule has 5 nitrogen and oxygen atoms in total. The topological polar surface area (TPSA) is 60.5 Å². The van der Waals surface area contributed by atoms with Crippen LogP contribution in [0.3, 0.4) is 0 Å². The van der Waals surface area contributed by atoms with Gasteiger partial charge >= 0.3 is 6.18 Å². The molecule has 8 heteroatoms. The second-order valence-corrected chi connectivity index (χ2v) is 4.11. The molecule has 0 unspecified atom stereocenters. The number of anilines is 1. The van der Waals surface area contributed by atoms with Crippen molar-refractivity contribution in [2.45, 2.75) is 6.18 Å². The molecule has 1 N–H and O–H groups in total. The number of nitrogens with one attached hydrogen (secondary N) is 1. The molecular weight excluding hydrogens is 301 g/mol. The van der Waals surface area contributed by atoms with Gasteiger partial charge in [0.25, 0.3) is 0 Å². The van der Waals surface area contributed by atoms with Crippen molar-refractivity contribution in [3.05, 3.63) is 42.1 Å². The van der Waals surface area contributed by atoms with Crippen LogP contribution in [-0.4, -0.2) is 18.5 Å². The lowest BCUT2D eigenvalue weighted by molar-refractivity contribution is -0.137. The minimum Gasteiger partial charge on any atom is -0.495 e. The van der Waals surface area contributed by atoms with Crippen LogP contribution in [0.1, 0.15) is 5.56 Å². The van der Waals surface area contributed by atoms with Crippen molar-refractivity contribution in [1.29, 1.82) is 0 Å². The van der Waals surface area contributed by atoms with E-state index in [2.05, 4.69) is 10.3 Å². The predicted molar refractivity (Wildman–Crippen MR) is 72.0 cm³/mol. The van der Waals surface area contributed by atoms with Crippen molar-refractivity contribution in [1.82, 2.24) is 4.98 Å². The van der Waals surface area contributed by atoms with Gasteiger partial charge in [0.2, 0.25) is 12.3 Å². The molecule has 0 saturated heterocycles. The second-order valence-electron chi connectivity index (χ2n) is 4.11. The Kier molecular flexibility index (Phi) is 4.50. The number of carbonyl (C=O) groups excluding carboxylic acids is 1. The molecule has 0 aliphatic rings. The molecular formula is C14H11F3N2O3.